The quantitative estimate of drug-likeness (QED) is 0.484. The number of hydrogen-bond donors (Lipinski definition) is 2. The molecule has 0 aliphatic carbocycles. The fourth-order valence-corrected chi connectivity index (χ4v) is 1.83. The number of anilines is 1. The van der Waals surface area contributed by atoms with Crippen LogP contribution in [0.3, 0.4) is 0 Å². The van der Waals surface area contributed by atoms with Crippen molar-refractivity contribution in [2.75, 3.05) is 5.43 Å². The lowest BCUT2D eigenvalue weighted by molar-refractivity contribution is -0.385. The second kappa shape index (κ2) is 6.98. The van der Waals surface area contributed by atoms with Crippen molar-refractivity contribution in [3.05, 3.63) is 70.3 Å². The molecule has 2 aromatic rings. The van der Waals surface area contributed by atoms with E-state index >= 15 is 0 Å². The molecule has 0 aliphatic rings. The number of carbonyl (C=O) groups is 1. The van der Waals surface area contributed by atoms with Gasteiger partial charge < -0.3 is 5.11 Å². The van der Waals surface area contributed by atoms with Crippen LogP contribution in [0, 0.1) is 10.1 Å². The Hall–Kier alpha value is -3.22. The Bertz CT molecular complexity index is 714. The summed E-state index contributed by atoms with van der Waals surface area (Å²) in [6.45, 7) is 0. The van der Waals surface area contributed by atoms with E-state index in [0.29, 0.717) is 11.3 Å². The third-order valence-electron chi connectivity index (χ3n) is 2.89. The predicted octanol–water partition coefficient (Wildman–Crippen LogP) is 2.69. The minimum Gasteiger partial charge on any atom is -0.477 e. The van der Waals surface area contributed by atoms with Crippen molar-refractivity contribution in [1.29, 1.82) is 0 Å². The largest absolute Gasteiger partial charge is 0.477 e. The molecule has 7 nitrogen and oxygen atoms in total. The molecule has 0 unspecified atom stereocenters. The van der Waals surface area contributed by atoms with Crippen LogP contribution in [0.25, 0.3) is 0 Å². The summed E-state index contributed by atoms with van der Waals surface area (Å²) in [6.07, 6.45) is -0.147. The maximum Gasteiger partial charge on any atom is 0.352 e. The lowest BCUT2D eigenvalue weighted by atomic mass is 10.1. The molecule has 0 aromatic heterocycles. The zero-order valence-corrected chi connectivity index (χ0v) is 11.5. The van der Waals surface area contributed by atoms with E-state index in [4.69, 9.17) is 0 Å². The Labute approximate surface area is 126 Å². The Balaban J connectivity index is 2.23. The molecule has 112 valence electrons. The van der Waals surface area contributed by atoms with Crippen molar-refractivity contribution in [3.8, 4) is 0 Å². The van der Waals surface area contributed by atoms with Crippen molar-refractivity contribution in [2.45, 2.75) is 6.42 Å². The molecule has 2 aromatic carbocycles. The van der Waals surface area contributed by atoms with E-state index in [1.165, 1.54) is 18.2 Å². The first-order valence-corrected chi connectivity index (χ1v) is 6.41. The monoisotopic (exact) mass is 299 g/mol. The maximum absolute atomic E-state index is 11.3. The highest BCUT2D eigenvalue weighted by Gasteiger charge is 2.18. The van der Waals surface area contributed by atoms with Gasteiger partial charge in [0.05, 0.1) is 10.6 Å². The molecule has 0 atom stereocenters. The van der Waals surface area contributed by atoms with E-state index in [9.17, 15) is 20.0 Å². The molecular weight excluding hydrogens is 286 g/mol. The van der Waals surface area contributed by atoms with Gasteiger partial charge in [-0.15, -0.1) is 0 Å². The van der Waals surface area contributed by atoms with Crippen molar-refractivity contribution in [3.63, 3.8) is 0 Å². The van der Waals surface area contributed by atoms with Crippen LogP contribution in [-0.2, 0) is 11.2 Å². The molecule has 0 radical (unpaired) electrons. The van der Waals surface area contributed by atoms with Crippen LogP contribution in [0.2, 0.25) is 0 Å². The average Bonchev–Trinajstić information content (AvgIpc) is 2.52. The number of hydrazone groups is 1. The van der Waals surface area contributed by atoms with E-state index in [-0.39, 0.29) is 17.8 Å². The first kappa shape index (κ1) is 15.2. The summed E-state index contributed by atoms with van der Waals surface area (Å²) in [4.78, 5) is 21.7. The molecule has 22 heavy (non-hydrogen) atoms. The van der Waals surface area contributed by atoms with Gasteiger partial charge in [0.1, 0.15) is 5.71 Å². The summed E-state index contributed by atoms with van der Waals surface area (Å²) in [7, 11) is 0. The molecule has 7 heteroatoms. The van der Waals surface area contributed by atoms with Gasteiger partial charge in [-0.3, -0.25) is 15.5 Å². The van der Waals surface area contributed by atoms with Gasteiger partial charge in [-0.2, -0.15) is 5.10 Å². The number of carboxylic acid groups (broad SMARTS) is 1. The number of aliphatic carboxylic acids is 1. The first-order chi connectivity index (χ1) is 10.6. The van der Waals surface area contributed by atoms with Crippen LogP contribution in [-0.4, -0.2) is 21.7 Å². The van der Waals surface area contributed by atoms with Crippen LogP contribution >= 0.6 is 0 Å². The van der Waals surface area contributed by atoms with Crippen LogP contribution in [0.4, 0.5) is 11.4 Å². The van der Waals surface area contributed by atoms with Gasteiger partial charge in [-0.25, -0.2) is 4.79 Å². The number of rotatable bonds is 6. The lowest BCUT2D eigenvalue weighted by Crippen LogP contribution is -2.18. The molecule has 2 N–H and O–H groups in total. The van der Waals surface area contributed by atoms with Crippen LogP contribution in [0.1, 0.15) is 5.56 Å². The normalized spacial score (nSPS) is 11.0. The van der Waals surface area contributed by atoms with E-state index < -0.39 is 10.9 Å². The van der Waals surface area contributed by atoms with Gasteiger partial charge >= 0.3 is 5.97 Å². The van der Waals surface area contributed by atoms with Gasteiger partial charge in [-0.1, -0.05) is 36.4 Å². The van der Waals surface area contributed by atoms with Crippen molar-refractivity contribution in [1.82, 2.24) is 0 Å². The number of nitrogens with zero attached hydrogens (tertiary/aromatic N) is 2. The van der Waals surface area contributed by atoms with E-state index in [0.717, 1.165) is 0 Å². The maximum atomic E-state index is 11.3. The van der Waals surface area contributed by atoms with Crippen LogP contribution in [0.15, 0.2) is 59.7 Å². The number of carboxylic acids is 1. The number of benzene rings is 2. The van der Waals surface area contributed by atoms with E-state index in [1.807, 2.05) is 6.07 Å². The van der Waals surface area contributed by atoms with Crippen molar-refractivity contribution < 1.29 is 14.8 Å². The Kier molecular flexibility index (Phi) is 4.81. The molecule has 0 fully saturated rings. The molecule has 0 amide bonds. The highest BCUT2D eigenvalue weighted by atomic mass is 16.6. The molecule has 0 saturated carbocycles. The van der Waals surface area contributed by atoms with Gasteiger partial charge in [0.25, 0.3) is 5.69 Å². The summed E-state index contributed by atoms with van der Waals surface area (Å²) in [5, 5.41) is 24.0. The second-order valence-corrected chi connectivity index (χ2v) is 4.40. The molecule has 0 saturated heterocycles. The number of hydrogen-bond acceptors (Lipinski definition) is 5. The van der Waals surface area contributed by atoms with Gasteiger partial charge in [0, 0.05) is 18.1 Å². The molecule has 2 rings (SSSR count). The number of para-hydroxylation sites is 2. The topological polar surface area (TPSA) is 105 Å². The number of nitro benzene ring substituents is 1. The van der Waals surface area contributed by atoms with Crippen molar-refractivity contribution in [2.24, 2.45) is 5.10 Å². The average molecular weight is 299 g/mol. The lowest BCUT2D eigenvalue weighted by Gasteiger charge is -2.05. The fraction of sp³-hybridized carbons (Fsp3) is 0.0667. The first-order valence-electron chi connectivity index (χ1n) is 6.41. The van der Waals surface area contributed by atoms with Gasteiger partial charge in [0.2, 0.25) is 0 Å². The van der Waals surface area contributed by atoms with Gasteiger partial charge in [0.15, 0.2) is 0 Å². The molecule has 0 aliphatic heterocycles. The fourth-order valence-electron chi connectivity index (χ4n) is 1.83. The Morgan fingerprint density at radius 1 is 1.14 bits per heavy atom. The summed E-state index contributed by atoms with van der Waals surface area (Å²) in [5.74, 6) is -1.23. The number of nitrogens with one attached hydrogen (secondary N) is 1. The molecule has 0 heterocycles. The third kappa shape index (κ3) is 3.89. The smallest absolute Gasteiger partial charge is 0.352 e. The molecule has 0 bridgehead atoms. The molecular formula is C15H13N3O4. The highest BCUT2D eigenvalue weighted by molar-refractivity contribution is 6.36. The zero-order valence-electron chi connectivity index (χ0n) is 11.5. The summed E-state index contributed by atoms with van der Waals surface area (Å²) >= 11 is 0. The zero-order chi connectivity index (χ0) is 15.9. The summed E-state index contributed by atoms with van der Waals surface area (Å²) < 4.78 is 0. The Morgan fingerprint density at radius 2 is 1.77 bits per heavy atom. The standard InChI is InChI=1S/C15H13N3O4/c19-15(20)13(17-16-12-7-2-1-3-8-12)10-11-6-4-5-9-14(11)18(21)22/h1-9,16H,10H2,(H,19,20). The minimum atomic E-state index is -1.23. The van der Waals surface area contributed by atoms with Gasteiger partial charge in [-0.05, 0) is 12.1 Å². The van der Waals surface area contributed by atoms with E-state index in [1.54, 1.807) is 30.3 Å². The third-order valence-corrected chi connectivity index (χ3v) is 2.89. The highest BCUT2D eigenvalue weighted by Crippen LogP contribution is 2.18. The van der Waals surface area contributed by atoms with E-state index in [2.05, 4.69) is 10.5 Å². The predicted molar refractivity (Wildman–Crippen MR) is 81.9 cm³/mol. The van der Waals surface area contributed by atoms with Crippen molar-refractivity contribution >= 4 is 23.1 Å². The van der Waals surface area contributed by atoms with Crippen LogP contribution < -0.4 is 5.43 Å². The minimum absolute atomic E-state index is 0.129. The summed E-state index contributed by atoms with van der Waals surface area (Å²) in [6, 6.07) is 14.8. The SMILES string of the molecule is O=C(O)C(Cc1ccccc1[N+](=O)[O-])=NNc1ccccc1. The Morgan fingerprint density at radius 3 is 2.41 bits per heavy atom. The second-order valence-electron chi connectivity index (χ2n) is 4.40. The summed E-state index contributed by atoms with van der Waals surface area (Å²) in [5.41, 5.74) is 3.22. The number of nitro groups is 1. The van der Waals surface area contributed by atoms with Crippen LogP contribution in [0.5, 0.6) is 0 Å². The molecule has 0 spiro atoms.